The average molecular weight is 612 g/mol. The lowest BCUT2D eigenvalue weighted by Crippen LogP contribution is -2.55. The molecule has 0 atom stereocenters. The van der Waals surface area contributed by atoms with E-state index in [1.807, 2.05) is 0 Å². The number of hydrogen-bond donors (Lipinski definition) is 0. The van der Waals surface area contributed by atoms with Crippen LogP contribution in [0, 0.1) is 101 Å². The van der Waals surface area contributed by atoms with Crippen LogP contribution in [0.25, 0.3) is 11.1 Å². The van der Waals surface area contributed by atoms with Gasteiger partial charge < -0.3 is 40.5 Å². The summed E-state index contributed by atoms with van der Waals surface area (Å²) in [5.74, 6) is -21.3. The molecule has 0 aliphatic rings. The van der Waals surface area contributed by atoms with Crippen molar-refractivity contribution in [3.05, 3.63) is 101 Å². The Bertz CT molecular complexity index is 1480. The van der Waals surface area contributed by atoms with Crippen molar-refractivity contribution in [3.8, 4) is 11.1 Å². The fourth-order valence-corrected chi connectivity index (χ4v) is 3.12. The van der Waals surface area contributed by atoms with E-state index in [-0.39, 0.29) is 0 Å². The molecule has 0 aliphatic heterocycles. The summed E-state index contributed by atoms with van der Waals surface area (Å²) in [6, 6.07) is 0. The maximum Gasteiger partial charge on any atom is 0.898 e. The molecule has 0 saturated heterocycles. The molecule has 34 heteroatoms. The molecule has 0 fully saturated rings. The summed E-state index contributed by atoms with van der Waals surface area (Å²) in [6.07, 6.45) is 0. The second-order valence-electron chi connectivity index (χ2n) is 6.64. The summed E-state index contributed by atoms with van der Waals surface area (Å²) < 4.78 is -3.10. The third-order valence-electron chi connectivity index (χ3n) is 4.66. The summed E-state index contributed by atoms with van der Waals surface area (Å²) in [5, 5.41) is 120. The van der Waals surface area contributed by atoms with E-state index in [0.717, 1.165) is 0 Å². The Morgan fingerprint density at radius 1 is 0.405 bits per heavy atom. The summed E-state index contributed by atoms with van der Waals surface area (Å²) in [5.41, 5.74) is -4.98. The lowest BCUT2D eigenvalue weighted by atomic mass is 10.1. The van der Waals surface area contributed by atoms with Gasteiger partial charge in [0.2, 0.25) is 29.5 Å². The number of hydrogen-bond acceptors (Lipinski definition) is 22. The van der Waals surface area contributed by atoms with Gasteiger partial charge in [-0.25, -0.2) is 60.7 Å². The van der Waals surface area contributed by atoms with Gasteiger partial charge in [0.1, 0.15) is 0 Å². The molecular weight excluding hydrogens is 612 g/mol. The van der Waals surface area contributed by atoms with Crippen LogP contribution < -0.4 is 0 Å². The van der Waals surface area contributed by atoms with Crippen molar-refractivity contribution in [2.24, 2.45) is 0 Å². The van der Waals surface area contributed by atoms with E-state index in [4.69, 9.17) is 0 Å². The topological polar surface area (TPSA) is 467 Å². The number of rotatable bonds is 13. The molecule has 0 spiro atoms. The van der Waals surface area contributed by atoms with E-state index in [1.165, 1.54) is 0 Å². The fraction of sp³-hybridized carbons (Fsp3) is 0.250. The van der Waals surface area contributed by atoms with Gasteiger partial charge in [-0.15, -0.1) is 0 Å². The van der Waals surface area contributed by atoms with Crippen LogP contribution in [0.1, 0.15) is 0 Å². The van der Waals surface area contributed by atoms with Crippen molar-refractivity contribution in [1.82, 2.24) is 19.6 Å². The van der Waals surface area contributed by atoms with E-state index < -0.39 is 105 Å². The van der Waals surface area contributed by atoms with Crippen LogP contribution in [0.2, 0.25) is 0 Å². The molecule has 34 nitrogen and oxygen atoms in total. The SMILES string of the molecule is O=[N+]([O-])c1nn(C([N+](=O)[O-])([N+](=O)[O-])[N+](=O)[O-])c([N+](=O)[O-])c1-c1c([N+](=O)[O-])nn(C([N+](=O)[O-])([N+](=O)[O-])[N+](=O)[O-])c1[N+](=O)[O-]. The second-order valence-corrected chi connectivity index (χ2v) is 6.64. The van der Waals surface area contributed by atoms with Gasteiger partial charge in [0.05, 0.1) is 0 Å². The monoisotopic (exact) mass is 612 g/mol. The Kier molecular flexibility index (Phi) is 7.02. The van der Waals surface area contributed by atoms with Gasteiger partial charge in [-0.05, 0) is 19.7 Å². The average Bonchev–Trinajstić information content (AvgIpc) is 3.38. The van der Waals surface area contributed by atoms with Crippen molar-refractivity contribution in [1.29, 1.82) is 0 Å². The molecule has 0 aromatic carbocycles. The van der Waals surface area contributed by atoms with Crippen LogP contribution in [0.5, 0.6) is 0 Å². The zero-order valence-corrected chi connectivity index (χ0v) is 18.4. The van der Waals surface area contributed by atoms with E-state index in [1.54, 1.807) is 0 Å². The highest BCUT2D eigenvalue weighted by Gasteiger charge is 2.87. The first-order chi connectivity index (χ1) is 19.2. The molecule has 2 aromatic heterocycles. The van der Waals surface area contributed by atoms with Crippen LogP contribution in [0.4, 0.5) is 23.3 Å². The molecule has 222 valence electrons. The molecule has 0 N–H and O–H groups in total. The van der Waals surface area contributed by atoms with Crippen LogP contribution >= 0.6 is 0 Å². The van der Waals surface area contributed by atoms with Crippen molar-refractivity contribution >= 4 is 23.3 Å². The first-order valence-electron chi connectivity index (χ1n) is 8.88. The lowest BCUT2D eigenvalue weighted by Gasteiger charge is -2.03. The number of nitrogens with zero attached hydrogens (tertiary/aromatic N) is 14. The third-order valence-corrected chi connectivity index (χ3v) is 4.66. The zero-order chi connectivity index (χ0) is 32.8. The Balaban J connectivity index is 3.54. The Morgan fingerprint density at radius 2 is 0.619 bits per heavy atom. The minimum atomic E-state index is -5.34. The molecular formula is C8N14O20. The minimum absolute atomic E-state index is 1.55. The summed E-state index contributed by atoms with van der Waals surface area (Å²) in [4.78, 5) is 91.6. The third kappa shape index (κ3) is 3.75. The molecule has 0 saturated carbocycles. The van der Waals surface area contributed by atoms with Gasteiger partial charge >= 0.3 is 35.1 Å². The van der Waals surface area contributed by atoms with Crippen LogP contribution in [-0.2, 0) is 11.8 Å². The van der Waals surface area contributed by atoms with Gasteiger partial charge in [0, 0.05) is 0 Å². The van der Waals surface area contributed by atoms with Gasteiger partial charge in [-0.1, -0.05) is 0 Å². The van der Waals surface area contributed by atoms with E-state index in [0.29, 0.717) is 0 Å². The first kappa shape index (κ1) is 30.6. The van der Waals surface area contributed by atoms with Crippen molar-refractivity contribution in [2.75, 3.05) is 0 Å². The molecule has 2 rings (SSSR count). The second kappa shape index (κ2) is 9.62. The lowest BCUT2D eigenvalue weighted by molar-refractivity contribution is -1.01. The van der Waals surface area contributed by atoms with Crippen molar-refractivity contribution in [3.63, 3.8) is 0 Å². The predicted molar refractivity (Wildman–Crippen MR) is 108 cm³/mol. The highest BCUT2D eigenvalue weighted by Crippen LogP contribution is 2.49. The van der Waals surface area contributed by atoms with E-state index >= 15 is 0 Å². The highest BCUT2D eigenvalue weighted by atomic mass is 16.8. The van der Waals surface area contributed by atoms with Crippen LogP contribution in [0.15, 0.2) is 0 Å². The van der Waals surface area contributed by atoms with Crippen molar-refractivity contribution < 1.29 is 49.2 Å². The molecule has 2 aromatic rings. The highest BCUT2D eigenvalue weighted by molar-refractivity contribution is 5.89. The molecule has 2 heterocycles. The molecule has 0 bridgehead atoms. The maximum atomic E-state index is 11.8. The Morgan fingerprint density at radius 3 is 0.762 bits per heavy atom. The van der Waals surface area contributed by atoms with Crippen LogP contribution in [-0.4, -0.2) is 68.8 Å². The summed E-state index contributed by atoms with van der Waals surface area (Å²) >= 11 is 0. The zero-order valence-electron chi connectivity index (χ0n) is 18.4. The Labute approximate surface area is 217 Å². The quantitative estimate of drug-likeness (QED) is 0.136. The first-order valence-corrected chi connectivity index (χ1v) is 8.88. The molecule has 0 unspecified atom stereocenters. The van der Waals surface area contributed by atoms with Gasteiger partial charge in [0.15, 0.2) is 30.7 Å². The summed E-state index contributed by atoms with van der Waals surface area (Å²) in [6.45, 7) is 0. The normalized spacial score (nSPS) is 11.3. The van der Waals surface area contributed by atoms with Gasteiger partial charge in [-0.2, -0.15) is 0 Å². The molecule has 0 radical (unpaired) electrons. The molecule has 42 heavy (non-hydrogen) atoms. The molecule has 0 aliphatic carbocycles. The number of nitro groups is 10. The minimum Gasteiger partial charge on any atom is -0.358 e. The standard InChI is InChI=1S/C8N14O20/c23-13(24)3-1(5(15(27)28)11(9-3)7(17(31)32,18(33)34)19(35)36)2-4(14(25)26)10-12(6(2)16(29)30)8(20(37)38,21(39)40)22(41)42. The van der Waals surface area contributed by atoms with Crippen LogP contribution in [0.3, 0.4) is 0 Å². The van der Waals surface area contributed by atoms with E-state index in [9.17, 15) is 101 Å². The smallest absolute Gasteiger partial charge is 0.358 e. The van der Waals surface area contributed by atoms with Gasteiger partial charge in [-0.3, -0.25) is 0 Å². The number of aromatic nitrogens is 4. The van der Waals surface area contributed by atoms with Crippen molar-refractivity contribution in [2.45, 2.75) is 11.8 Å². The summed E-state index contributed by atoms with van der Waals surface area (Å²) in [7, 11) is 0. The Hall–Kier alpha value is -7.58. The largest absolute Gasteiger partial charge is 0.898 e. The van der Waals surface area contributed by atoms with Gasteiger partial charge in [0.25, 0.3) is 0 Å². The maximum absolute atomic E-state index is 11.8. The molecule has 0 amide bonds. The van der Waals surface area contributed by atoms with E-state index in [2.05, 4.69) is 10.2 Å². The predicted octanol–water partition coefficient (Wildman–Crippen LogP) is -1.82. The fourth-order valence-electron chi connectivity index (χ4n) is 3.12.